The van der Waals surface area contributed by atoms with Gasteiger partial charge in [-0.25, -0.2) is 5.43 Å². The Bertz CT molecular complexity index is 681. The van der Waals surface area contributed by atoms with Gasteiger partial charge < -0.3 is 14.9 Å². The van der Waals surface area contributed by atoms with Crippen LogP contribution in [-0.4, -0.2) is 29.4 Å². The SMILES string of the molecule is COc1ccc(CC(=O)N/N=C/c2ccc(O)cc2O)cc1. The van der Waals surface area contributed by atoms with Gasteiger partial charge in [-0.05, 0) is 29.8 Å². The van der Waals surface area contributed by atoms with Crippen LogP contribution in [0.4, 0.5) is 0 Å². The molecule has 0 saturated heterocycles. The highest BCUT2D eigenvalue weighted by atomic mass is 16.5. The standard InChI is InChI=1S/C16H16N2O4/c1-22-14-6-2-11(3-7-14)8-16(21)18-17-10-12-4-5-13(19)9-15(12)20/h2-7,9-10,19-20H,8H2,1H3,(H,18,21)/b17-10+. The van der Waals surface area contributed by atoms with Crippen LogP contribution in [0, 0.1) is 0 Å². The molecule has 0 fully saturated rings. The third kappa shape index (κ3) is 4.24. The largest absolute Gasteiger partial charge is 0.508 e. The van der Waals surface area contributed by atoms with Gasteiger partial charge in [0.05, 0.1) is 19.7 Å². The lowest BCUT2D eigenvalue weighted by atomic mass is 10.1. The van der Waals surface area contributed by atoms with Gasteiger partial charge in [-0.1, -0.05) is 12.1 Å². The number of methoxy groups -OCH3 is 1. The first-order valence-corrected chi connectivity index (χ1v) is 6.55. The fourth-order valence-corrected chi connectivity index (χ4v) is 1.78. The van der Waals surface area contributed by atoms with Crippen molar-refractivity contribution in [3.05, 3.63) is 53.6 Å². The number of aromatic hydroxyl groups is 2. The van der Waals surface area contributed by atoms with Crippen LogP contribution in [0.25, 0.3) is 0 Å². The van der Waals surface area contributed by atoms with Gasteiger partial charge >= 0.3 is 0 Å². The summed E-state index contributed by atoms with van der Waals surface area (Å²) >= 11 is 0. The predicted molar refractivity (Wildman–Crippen MR) is 82.2 cm³/mol. The Morgan fingerprint density at radius 1 is 1.23 bits per heavy atom. The molecule has 1 amide bonds. The average Bonchev–Trinajstić information content (AvgIpc) is 2.50. The van der Waals surface area contributed by atoms with Crippen LogP contribution in [0.15, 0.2) is 47.6 Å². The Kier molecular flexibility index (Phi) is 4.98. The Hall–Kier alpha value is -3.02. The third-order valence-corrected chi connectivity index (χ3v) is 2.93. The zero-order valence-corrected chi connectivity index (χ0v) is 12.0. The second-order valence-corrected chi connectivity index (χ2v) is 4.56. The first-order chi connectivity index (χ1) is 10.6. The van der Waals surface area contributed by atoms with Crippen molar-refractivity contribution < 1.29 is 19.7 Å². The van der Waals surface area contributed by atoms with Crippen molar-refractivity contribution in [2.24, 2.45) is 5.10 Å². The van der Waals surface area contributed by atoms with E-state index in [1.54, 1.807) is 31.4 Å². The summed E-state index contributed by atoms with van der Waals surface area (Å²) in [4.78, 5) is 11.7. The van der Waals surface area contributed by atoms with Crippen molar-refractivity contribution in [3.63, 3.8) is 0 Å². The molecule has 0 aromatic heterocycles. The maximum atomic E-state index is 11.7. The van der Waals surface area contributed by atoms with Crippen LogP contribution < -0.4 is 10.2 Å². The van der Waals surface area contributed by atoms with Crippen molar-refractivity contribution in [3.8, 4) is 17.2 Å². The lowest BCUT2D eigenvalue weighted by Gasteiger charge is -2.03. The second kappa shape index (κ2) is 7.12. The molecule has 0 unspecified atom stereocenters. The van der Waals surface area contributed by atoms with Crippen LogP contribution in [0.2, 0.25) is 0 Å². The van der Waals surface area contributed by atoms with Crippen LogP contribution >= 0.6 is 0 Å². The Morgan fingerprint density at radius 3 is 2.59 bits per heavy atom. The number of amides is 1. The summed E-state index contributed by atoms with van der Waals surface area (Å²) in [5.74, 6) is 0.288. The van der Waals surface area contributed by atoms with Crippen LogP contribution in [-0.2, 0) is 11.2 Å². The highest BCUT2D eigenvalue weighted by Crippen LogP contribution is 2.20. The van der Waals surface area contributed by atoms with Gasteiger partial charge in [0, 0.05) is 11.6 Å². The molecule has 0 bridgehead atoms. The molecule has 22 heavy (non-hydrogen) atoms. The van der Waals surface area contributed by atoms with Gasteiger partial charge in [0.1, 0.15) is 17.2 Å². The molecule has 0 saturated carbocycles. The van der Waals surface area contributed by atoms with Crippen molar-refractivity contribution in [2.75, 3.05) is 7.11 Å². The van der Waals surface area contributed by atoms with Crippen molar-refractivity contribution in [2.45, 2.75) is 6.42 Å². The summed E-state index contributed by atoms with van der Waals surface area (Å²) in [6.45, 7) is 0. The van der Waals surface area contributed by atoms with E-state index in [2.05, 4.69) is 10.5 Å². The highest BCUT2D eigenvalue weighted by molar-refractivity contribution is 5.85. The fraction of sp³-hybridized carbons (Fsp3) is 0.125. The molecule has 2 aromatic rings. The molecule has 114 valence electrons. The summed E-state index contributed by atoms with van der Waals surface area (Å²) in [5.41, 5.74) is 3.60. The molecule has 0 radical (unpaired) electrons. The van der Waals surface area contributed by atoms with E-state index in [4.69, 9.17) is 9.84 Å². The van der Waals surface area contributed by atoms with E-state index in [0.717, 1.165) is 11.3 Å². The number of benzene rings is 2. The normalized spacial score (nSPS) is 10.6. The average molecular weight is 300 g/mol. The maximum Gasteiger partial charge on any atom is 0.244 e. The number of nitrogens with zero attached hydrogens (tertiary/aromatic N) is 1. The summed E-state index contributed by atoms with van der Waals surface area (Å²) < 4.78 is 5.04. The van der Waals surface area contributed by atoms with Gasteiger partial charge in [0.2, 0.25) is 5.91 Å². The molecule has 2 aromatic carbocycles. The zero-order chi connectivity index (χ0) is 15.9. The summed E-state index contributed by atoms with van der Waals surface area (Å²) in [6, 6.07) is 11.3. The summed E-state index contributed by atoms with van der Waals surface area (Å²) in [7, 11) is 1.58. The molecule has 0 aliphatic heterocycles. The molecule has 3 N–H and O–H groups in total. The third-order valence-electron chi connectivity index (χ3n) is 2.93. The summed E-state index contributed by atoms with van der Waals surface area (Å²) in [5, 5.41) is 22.5. The molecule has 0 heterocycles. The van der Waals surface area contributed by atoms with Gasteiger partial charge in [-0.3, -0.25) is 4.79 Å². The van der Waals surface area contributed by atoms with E-state index < -0.39 is 0 Å². The first-order valence-electron chi connectivity index (χ1n) is 6.55. The zero-order valence-electron chi connectivity index (χ0n) is 12.0. The van der Waals surface area contributed by atoms with Crippen LogP contribution in [0.1, 0.15) is 11.1 Å². The molecule has 0 aliphatic rings. The lowest BCUT2D eigenvalue weighted by Crippen LogP contribution is -2.19. The second-order valence-electron chi connectivity index (χ2n) is 4.56. The fourth-order valence-electron chi connectivity index (χ4n) is 1.78. The number of hydrogen-bond acceptors (Lipinski definition) is 5. The Labute approximate surface area is 127 Å². The predicted octanol–water partition coefficient (Wildman–Crippen LogP) is 1.80. The number of phenolic OH excluding ortho intramolecular Hbond substituents is 2. The minimum absolute atomic E-state index is 0.0433. The number of nitrogens with one attached hydrogen (secondary N) is 1. The Morgan fingerprint density at radius 2 is 1.95 bits per heavy atom. The number of carbonyl (C=O) groups is 1. The molecule has 6 nitrogen and oxygen atoms in total. The van der Waals surface area contributed by atoms with Crippen LogP contribution in [0.5, 0.6) is 17.2 Å². The van der Waals surface area contributed by atoms with Crippen molar-refractivity contribution in [1.29, 1.82) is 0 Å². The number of hydrogen-bond donors (Lipinski definition) is 3. The number of carbonyl (C=O) groups excluding carboxylic acids is 1. The van der Waals surface area contributed by atoms with Gasteiger partial charge in [-0.15, -0.1) is 0 Å². The topological polar surface area (TPSA) is 91.2 Å². The van der Waals surface area contributed by atoms with E-state index in [9.17, 15) is 9.90 Å². The molecular formula is C16H16N2O4. The van der Waals surface area contributed by atoms with E-state index in [-0.39, 0.29) is 23.8 Å². The minimum Gasteiger partial charge on any atom is -0.508 e. The van der Waals surface area contributed by atoms with E-state index in [1.165, 1.54) is 24.4 Å². The first kappa shape index (κ1) is 15.4. The van der Waals surface area contributed by atoms with E-state index >= 15 is 0 Å². The molecule has 0 spiro atoms. The quantitative estimate of drug-likeness (QED) is 0.580. The smallest absolute Gasteiger partial charge is 0.244 e. The van der Waals surface area contributed by atoms with Gasteiger partial charge in [-0.2, -0.15) is 5.10 Å². The minimum atomic E-state index is -0.278. The maximum absolute atomic E-state index is 11.7. The highest BCUT2D eigenvalue weighted by Gasteiger charge is 2.03. The van der Waals surface area contributed by atoms with E-state index in [1.807, 2.05) is 0 Å². The molecule has 0 atom stereocenters. The van der Waals surface area contributed by atoms with Crippen LogP contribution in [0.3, 0.4) is 0 Å². The number of rotatable bonds is 5. The van der Waals surface area contributed by atoms with E-state index in [0.29, 0.717) is 5.56 Å². The molecule has 2 rings (SSSR count). The monoisotopic (exact) mass is 300 g/mol. The number of phenols is 2. The van der Waals surface area contributed by atoms with Gasteiger partial charge in [0.25, 0.3) is 0 Å². The molecular weight excluding hydrogens is 284 g/mol. The number of hydrazone groups is 1. The van der Waals surface area contributed by atoms with Gasteiger partial charge in [0.15, 0.2) is 0 Å². The lowest BCUT2D eigenvalue weighted by molar-refractivity contribution is -0.120. The molecule has 0 aliphatic carbocycles. The van der Waals surface area contributed by atoms with Crippen molar-refractivity contribution in [1.82, 2.24) is 5.43 Å². The summed E-state index contributed by atoms with van der Waals surface area (Å²) in [6.07, 6.45) is 1.49. The Balaban J connectivity index is 1.90. The molecule has 6 heteroatoms. The van der Waals surface area contributed by atoms with Crippen molar-refractivity contribution >= 4 is 12.1 Å². The number of ether oxygens (including phenoxy) is 1.